The number of hydrogen-bond donors (Lipinski definition) is 8. The molecule has 8 N–H and O–H groups in total. The van der Waals surface area contributed by atoms with Gasteiger partial charge in [-0.15, -0.1) is 0 Å². The standard InChI is InChI=1S/C28H34N4O4.C7H17NO5/c1-19(2)15-16-31-24-14-7-6-13-23(24)26(20-9-4-3-5-10-20)30-32(28(31)36)18-25(33)29-22-12-8-11-21(17-22)27(34)35;1-8-2-4(10)6(12)7(13)5(11)3-9/h6-8,11-14,17,19-20H,3-5,9-10,15-16,18H2,1-2H3,(H,29,33)(H,34,35);4-13H,2-3H2,1H3/t;4-,5+,6+,7+/m.0/s1. The van der Waals surface area contributed by atoms with Crippen molar-refractivity contribution in [2.45, 2.75) is 76.8 Å². The summed E-state index contributed by atoms with van der Waals surface area (Å²) < 4.78 is 0. The number of carbonyl (C=O) groups excluding carboxylic acids is 2. The number of para-hydroxylation sites is 1. The first-order valence-corrected chi connectivity index (χ1v) is 16.8. The highest BCUT2D eigenvalue weighted by Gasteiger charge is 2.34. The molecule has 1 heterocycles. The van der Waals surface area contributed by atoms with Gasteiger partial charge < -0.3 is 41.3 Å². The van der Waals surface area contributed by atoms with Crippen LogP contribution in [0.15, 0.2) is 53.6 Å². The van der Waals surface area contributed by atoms with E-state index in [-0.39, 0.29) is 30.6 Å². The number of anilines is 2. The number of likely N-dealkylation sites (N-methyl/N-ethyl adjacent to an activating group) is 1. The van der Waals surface area contributed by atoms with Crippen LogP contribution in [0.4, 0.5) is 16.2 Å². The Morgan fingerprint density at radius 1 is 0.959 bits per heavy atom. The van der Waals surface area contributed by atoms with Crippen LogP contribution in [0.25, 0.3) is 0 Å². The number of hydrogen-bond acceptors (Lipinski definition) is 10. The van der Waals surface area contributed by atoms with Crippen molar-refractivity contribution in [1.29, 1.82) is 0 Å². The maximum atomic E-state index is 13.8. The summed E-state index contributed by atoms with van der Waals surface area (Å²) >= 11 is 0. The number of carboxylic acid groups (broad SMARTS) is 1. The van der Waals surface area contributed by atoms with Crippen LogP contribution in [-0.2, 0) is 4.79 Å². The van der Waals surface area contributed by atoms with Crippen molar-refractivity contribution in [3.8, 4) is 0 Å². The van der Waals surface area contributed by atoms with Gasteiger partial charge in [-0.05, 0) is 56.5 Å². The third-order valence-corrected chi connectivity index (χ3v) is 8.50. The van der Waals surface area contributed by atoms with Crippen LogP contribution in [0.3, 0.4) is 0 Å². The molecule has 4 rings (SSSR count). The Hall–Kier alpha value is -3.92. The van der Waals surface area contributed by atoms with Gasteiger partial charge in [0.05, 0.1) is 29.7 Å². The first-order valence-electron chi connectivity index (χ1n) is 16.8. The number of hydrazone groups is 1. The van der Waals surface area contributed by atoms with Gasteiger partial charge in [-0.1, -0.05) is 57.4 Å². The molecule has 49 heavy (non-hydrogen) atoms. The molecule has 1 aliphatic heterocycles. The third kappa shape index (κ3) is 11.3. The van der Waals surface area contributed by atoms with E-state index in [0.29, 0.717) is 18.2 Å². The van der Waals surface area contributed by atoms with E-state index in [1.54, 1.807) is 24.1 Å². The number of nitrogens with one attached hydrogen (secondary N) is 2. The molecule has 2 aliphatic rings. The summed E-state index contributed by atoms with van der Waals surface area (Å²) in [7, 11) is 1.57. The average Bonchev–Trinajstić information content (AvgIpc) is 3.20. The minimum Gasteiger partial charge on any atom is -0.478 e. The number of carbonyl (C=O) groups is 3. The van der Waals surface area contributed by atoms with E-state index in [4.69, 9.17) is 25.5 Å². The van der Waals surface area contributed by atoms with Gasteiger partial charge in [0.1, 0.15) is 24.9 Å². The van der Waals surface area contributed by atoms with Gasteiger partial charge in [0.15, 0.2) is 0 Å². The summed E-state index contributed by atoms with van der Waals surface area (Å²) in [5, 5.41) is 65.5. The number of fused-ring (bicyclic) bond motifs is 1. The smallest absolute Gasteiger partial charge is 0.345 e. The van der Waals surface area contributed by atoms with E-state index in [9.17, 15) is 24.6 Å². The lowest BCUT2D eigenvalue weighted by atomic mass is 9.83. The van der Waals surface area contributed by atoms with Crippen molar-refractivity contribution in [2.24, 2.45) is 16.9 Å². The van der Waals surface area contributed by atoms with E-state index in [2.05, 4.69) is 24.5 Å². The van der Waals surface area contributed by atoms with Crippen LogP contribution in [-0.4, -0.2) is 117 Å². The second-order valence-electron chi connectivity index (χ2n) is 12.8. The van der Waals surface area contributed by atoms with Crippen molar-refractivity contribution in [2.75, 3.05) is 43.5 Å². The van der Waals surface area contributed by atoms with Gasteiger partial charge in [-0.3, -0.25) is 9.69 Å². The van der Waals surface area contributed by atoms with Crippen LogP contribution < -0.4 is 15.5 Å². The summed E-state index contributed by atoms with van der Waals surface area (Å²) in [6, 6.07) is 13.6. The van der Waals surface area contributed by atoms with E-state index in [0.717, 1.165) is 49.1 Å². The Morgan fingerprint density at radius 2 is 1.63 bits per heavy atom. The molecule has 0 spiro atoms. The van der Waals surface area contributed by atoms with Crippen molar-refractivity contribution in [1.82, 2.24) is 10.3 Å². The van der Waals surface area contributed by atoms with Crippen LogP contribution in [0.1, 0.15) is 68.3 Å². The zero-order valence-corrected chi connectivity index (χ0v) is 28.4. The van der Waals surface area contributed by atoms with Crippen LogP contribution >= 0.6 is 0 Å². The molecule has 2 aromatic rings. The molecule has 2 aromatic carbocycles. The van der Waals surface area contributed by atoms with E-state index < -0.39 is 42.9 Å². The lowest BCUT2D eigenvalue weighted by molar-refractivity contribution is -0.116. The number of aromatic carboxylic acids is 1. The van der Waals surface area contributed by atoms with E-state index >= 15 is 0 Å². The molecule has 1 fully saturated rings. The molecule has 1 aliphatic carbocycles. The predicted molar refractivity (Wildman–Crippen MR) is 186 cm³/mol. The third-order valence-electron chi connectivity index (χ3n) is 8.50. The molecular weight excluding hydrogens is 634 g/mol. The summed E-state index contributed by atoms with van der Waals surface area (Å²) in [4.78, 5) is 39.8. The number of benzene rings is 2. The second kappa shape index (κ2) is 19.3. The van der Waals surface area contributed by atoms with E-state index in [1.165, 1.54) is 23.6 Å². The average molecular weight is 686 g/mol. The summed E-state index contributed by atoms with van der Waals surface area (Å²) in [6.07, 6.45) is 0.637. The van der Waals surface area contributed by atoms with Crippen molar-refractivity contribution >= 4 is 35.0 Å². The fourth-order valence-corrected chi connectivity index (χ4v) is 5.74. The van der Waals surface area contributed by atoms with Gasteiger partial charge in [-0.25, -0.2) is 14.6 Å². The Bertz CT molecular complexity index is 1420. The number of carboxylic acids is 1. The topological polar surface area (TPSA) is 215 Å². The molecule has 3 amide bonds. The largest absolute Gasteiger partial charge is 0.478 e. The Kier molecular flexibility index (Phi) is 15.6. The quantitative estimate of drug-likeness (QED) is 0.145. The first-order chi connectivity index (χ1) is 23.4. The number of urea groups is 1. The lowest BCUT2D eigenvalue weighted by Crippen LogP contribution is -2.48. The maximum absolute atomic E-state index is 13.8. The molecule has 0 radical (unpaired) electrons. The normalized spacial score (nSPS) is 17.6. The molecule has 14 nitrogen and oxygen atoms in total. The van der Waals surface area contributed by atoms with Crippen molar-refractivity contribution < 1.29 is 45.0 Å². The highest BCUT2D eigenvalue weighted by Crippen LogP contribution is 2.34. The predicted octanol–water partition coefficient (Wildman–Crippen LogP) is 2.24. The summed E-state index contributed by atoms with van der Waals surface area (Å²) in [6.45, 7) is 3.93. The minimum atomic E-state index is -1.55. The molecule has 0 aromatic heterocycles. The van der Waals surface area contributed by atoms with Gasteiger partial charge in [0.2, 0.25) is 5.91 Å². The number of amides is 3. The molecular formula is C35H51N5O9. The SMILES string of the molecule is CC(C)CCN1C(=O)N(CC(=O)Nc2cccc(C(=O)O)c2)N=C(C2CCCCC2)c2ccccc21.CNC[C@H](O)[C@@H](O)[C@H](O)[C@H](O)CO. The number of aliphatic hydroxyl groups is 5. The first kappa shape index (κ1) is 39.5. The van der Waals surface area contributed by atoms with Gasteiger partial charge in [0, 0.05) is 30.3 Å². The van der Waals surface area contributed by atoms with Crippen molar-refractivity contribution in [3.05, 3.63) is 59.7 Å². The molecule has 0 bridgehead atoms. The Balaban J connectivity index is 0.000000425. The number of nitrogens with zero attached hydrogens (tertiary/aromatic N) is 3. The van der Waals surface area contributed by atoms with Gasteiger partial charge >= 0.3 is 12.0 Å². The Labute approximate surface area is 287 Å². The zero-order valence-electron chi connectivity index (χ0n) is 28.4. The molecule has 14 heteroatoms. The zero-order chi connectivity index (χ0) is 36.1. The van der Waals surface area contributed by atoms with Crippen LogP contribution in [0, 0.1) is 11.8 Å². The number of aliphatic hydroxyl groups excluding tert-OH is 5. The molecule has 1 saturated carbocycles. The fourth-order valence-electron chi connectivity index (χ4n) is 5.74. The highest BCUT2D eigenvalue weighted by molar-refractivity contribution is 6.12. The van der Waals surface area contributed by atoms with Crippen LogP contribution in [0.2, 0.25) is 0 Å². The second-order valence-corrected chi connectivity index (χ2v) is 12.8. The molecule has 0 saturated heterocycles. The summed E-state index contributed by atoms with van der Waals surface area (Å²) in [5.41, 5.74) is 3.10. The molecule has 0 unspecified atom stereocenters. The lowest BCUT2D eigenvalue weighted by Gasteiger charge is -2.27. The summed E-state index contributed by atoms with van der Waals surface area (Å²) in [5.74, 6) is -0.873. The molecule has 4 atom stereocenters. The number of rotatable bonds is 14. The van der Waals surface area contributed by atoms with Gasteiger partial charge in [-0.2, -0.15) is 5.10 Å². The monoisotopic (exact) mass is 685 g/mol. The van der Waals surface area contributed by atoms with Crippen molar-refractivity contribution in [3.63, 3.8) is 0 Å². The molecule has 270 valence electrons. The minimum absolute atomic E-state index is 0.0755. The van der Waals surface area contributed by atoms with Gasteiger partial charge in [0.25, 0.3) is 0 Å². The Morgan fingerprint density at radius 3 is 2.27 bits per heavy atom. The van der Waals surface area contributed by atoms with Crippen LogP contribution in [0.5, 0.6) is 0 Å². The highest BCUT2D eigenvalue weighted by atomic mass is 16.4. The fraction of sp³-hybridized carbons (Fsp3) is 0.543. The van der Waals surface area contributed by atoms with E-state index in [1.807, 2.05) is 24.3 Å². The maximum Gasteiger partial charge on any atom is 0.345 e.